The predicted molar refractivity (Wildman–Crippen MR) is 125 cm³/mol. The molecule has 2 amide bonds. The molecule has 2 aliphatic heterocycles. The molecule has 1 aliphatic carbocycles. The van der Waals surface area contributed by atoms with E-state index in [0.717, 1.165) is 31.2 Å². The molecular formula is C26H32ClNO4. The molecule has 2 saturated heterocycles. The Labute approximate surface area is 195 Å². The van der Waals surface area contributed by atoms with Crippen LogP contribution in [0.15, 0.2) is 34.9 Å². The zero-order chi connectivity index (χ0) is 23.0. The van der Waals surface area contributed by atoms with Crippen LogP contribution < -0.4 is 0 Å². The summed E-state index contributed by atoms with van der Waals surface area (Å²) < 4.78 is 6.23. The van der Waals surface area contributed by atoms with Crippen LogP contribution in [-0.4, -0.2) is 41.1 Å². The molecule has 172 valence electrons. The summed E-state index contributed by atoms with van der Waals surface area (Å²) in [5.74, 6) is -0.262. The number of aromatic hydroxyl groups is 1. The summed E-state index contributed by atoms with van der Waals surface area (Å²) in [6, 6.07) is 4.99. The van der Waals surface area contributed by atoms with Gasteiger partial charge in [0.2, 0.25) is 11.8 Å². The number of carbonyl (C=O) groups excluding carboxylic acids is 2. The van der Waals surface area contributed by atoms with Gasteiger partial charge in [0.15, 0.2) is 0 Å². The van der Waals surface area contributed by atoms with E-state index in [2.05, 4.69) is 13.8 Å². The highest BCUT2D eigenvalue weighted by Crippen LogP contribution is 2.50. The van der Waals surface area contributed by atoms with Crippen LogP contribution in [0.1, 0.15) is 58.4 Å². The summed E-state index contributed by atoms with van der Waals surface area (Å²) in [5, 5.41) is 10.1. The van der Waals surface area contributed by atoms with Gasteiger partial charge in [-0.2, -0.15) is 0 Å². The molecule has 0 bridgehead atoms. The molecule has 1 aromatic carbocycles. The quantitative estimate of drug-likeness (QED) is 0.441. The number of hydrogen-bond donors (Lipinski definition) is 1. The Morgan fingerprint density at radius 3 is 2.72 bits per heavy atom. The number of ether oxygens (including phenoxy) is 1. The van der Waals surface area contributed by atoms with Gasteiger partial charge in [0.25, 0.3) is 0 Å². The second-order valence-corrected chi connectivity index (χ2v) is 9.65. The number of benzene rings is 1. The third-order valence-electron chi connectivity index (χ3n) is 7.16. The van der Waals surface area contributed by atoms with Crippen LogP contribution in [-0.2, 0) is 14.3 Å². The van der Waals surface area contributed by atoms with Crippen molar-refractivity contribution in [1.29, 1.82) is 0 Å². The van der Waals surface area contributed by atoms with Gasteiger partial charge in [0.1, 0.15) is 5.75 Å². The van der Waals surface area contributed by atoms with E-state index in [9.17, 15) is 14.7 Å². The van der Waals surface area contributed by atoms with E-state index in [-0.39, 0.29) is 41.4 Å². The average Bonchev–Trinajstić information content (AvgIpc) is 3.29. The Bertz CT molecular complexity index is 982. The summed E-state index contributed by atoms with van der Waals surface area (Å²) in [7, 11) is 0. The van der Waals surface area contributed by atoms with E-state index in [0.29, 0.717) is 24.6 Å². The summed E-state index contributed by atoms with van der Waals surface area (Å²) in [6.45, 7) is 7.25. The Morgan fingerprint density at radius 1 is 1.25 bits per heavy atom. The van der Waals surface area contributed by atoms with Crippen molar-refractivity contribution >= 4 is 29.5 Å². The third-order valence-corrected chi connectivity index (χ3v) is 7.49. The number of hydrogen-bond acceptors (Lipinski definition) is 4. The van der Waals surface area contributed by atoms with Crippen LogP contribution in [0.2, 0.25) is 5.02 Å². The molecule has 3 aliphatic rings. The van der Waals surface area contributed by atoms with Crippen molar-refractivity contribution in [2.45, 2.75) is 59.0 Å². The minimum absolute atomic E-state index is 0.00167. The highest BCUT2D eigenvalue weighted by atomic mass is 35.5. The molecule has 1 aromatic rings. The molecule has 1 N–H and O–H groups in total. The number of phenolic OH excluding ortho intramolecular Hbond substituents is 1. The molecule has 0 aromatic heterocycles. The fourth-order valence-electron chi connectivity index (χ4n) is 5.65. The summed E-state index contributed by atoms with van der Waals surface area (Å²) in [4.78, 5) is 27.5. The van der Waals surface area contributed by atoms with Crippen LogP contribution in [0.4, 0.5) is 0 Å². The molecule has 0 spiro atoms. The molecular weight excluding hydrogens is 426 g/mol. The topological polar surface area (TPSA) is 66.8 Å². The van der Waals surface area contributed by atoms with Crippen LogP contribution in [0.3, 0.4) is 0 Å². The molecule has 0 saturated carbocycles. The molecule has 4 atom stereocenters. The lowest BCUT2D eigenvalue weighted by molar-refractivity contribution is -0.140. The van der Waals surface area contributed by atoms with Gasteiger partial charge in [-0.05, 0) is 68.4 Å². The van der Waals surface area contributed by atoms with Crippen LogP contribution in [0, 0.1) is 17.8 Å². The Hall–Kier alpha value is -2.11. The number of likely N-dealkylation sites (tertiary alicyclic amines) is 1. The SMILES string of the molecule is CCCN1C(=O)[C@@H]2[C@@H](CC(CC)=C3[C@@H](CC/C(C)=C/c4ccc(O)cc4Cl)OC[C@@H]32)C1=O. The van der Waals surface area contributed by atoms with E-state index >= 15 is 0 Å². The number of carbonyl (C=O) groups is 2. The van der Waals surface area contributed by atoms with Gasteiger partial charge in [-0.1, -0.05) is 42.7 Å². The van der Waals surface area contributed by atoms with E-state index in [4.69, 9.17) is 16.3 Å². The monoisotopic (exact) mass is 457 g/mol. The first-order chi connectivity index (χ1) is 15.3. The van der Waals surface area contributed by atoms with Crippen molar-refractivity contribution in [2.24, 2.45) is 17.8 Å². The summed E-state index contributed by atoms with van der Waals surface area (Å²) >= 11 is 6.24. The average molecular weight is 458 g/mol. The predicted octanol–water partition coefficient (Wildman–Crippen LogP) is 5.37. The molecule has 2 heterocycles. The first kappa shape index (κ1) is 23.1. The van der Waals surface area contributed by atoms with Gasteiger partial charge in [-0.15, -0.1) is 0 Å². The van der Waals surface area contributed by atoms with Crippen LogP contribution >= 0.6 is 11.6 Å². The number of fused-ring (bicyclic) bond motifs is 3. The van der Waals surface area contributed by atoms with Crippen molar-refractivity contribution in [2.75, 3.05) is 13.2 Å². The number of allylic oxidation sites excluding steroid dienone is 2. The normalized spacial score (nSPS) is 27.9. The second-order valence-electron chi connectivity index (χ2n) is 9.24. The largest absolute Gasteiger partial charge is 0.508 e. The highest BCUT2D eigenvalue weighted by Gasteiger charge is 2.56. The van der Waals surface area contributed by atoms with E-state index in [1.54, 1.807) is 12.1 Å². The second kappa shape index (κ2) is 9.40. The van der Waals surface area contributed by atoms with Crippen LogP contribution in [0.25, 0.3) is 6.08 Å². The number of halogens is 1. The maximum absolute atomic E-state index is 13.1. The number of phenols is 1. The first-order valence-electron chi connectivity index (χ1n) is 11.7. The van der Waals surface area contributed by atoms with E-state index in [1.165, 1.54) is 21.6 Å². The van der Waals surface area contributed by atoms with Crippen molar-refractivity contribution in [1.82, 2.24) is 4.90 Å². The summed E-state index contributed by atoms with van der Waals surface area (Å²) in [6.07, 6.45) is 6.10. The first-order valence-corrected chi connectivity index (χ1v) is 12.1. The minimum Gasteiger partial charge on any atom is -0.508 e. The maximum Gasteiger partial charge on any atom is 0.233 e. The van der Waals surface area contributed by atoms with Crippen molar-refractivity contribution < 1.29 is 19.4 Å². The molecule has 4 rings (SSSR count). The lowest BCUT2D eigenvalue weighted by atomic mass is 9.69. The molecule has 0 unspecified atom stereocenters. The molecule has 32 heavy (non-hydrogen) atoms. The summed E-state index contributed by atoms with van der Waals surface area (Å²) in [5.41, 5.74) is 4.65. The fourth-order valence-corrected chi connectivity index (χ4v) is 5.88. The lowest BCUT2D eigenvalue weighted by Gasteiger charge is -2.31. The van der Waals surface area contributed by atoms with Gasteiger partial charge >= 0.3 is 0 Å². The zero-order valence-corrected chi connectivity index (χ0v) is 19.8. The Morgan fingerprint density at radius 2 is 2.03 bits per heavy atom. The van der Waals surface area contributed by atoms with Crippen molar-refractivity contribution in [3.8, 4) is 5.75 Å². The minimum atomic E-state index is -0.253. The van der Waals surface area contributed by atoms with Crippen molar-refractivity contribution in [3.63, 3.8) is 0 Å². The highest BCUT2D eigenvalue weighted by molar-refractivity contribution is 6.32. The van der Waals surface area contributed by atoms with E-state index < -0.39 is 0 Å². The van der Waals surface area contributed by atoms with E-state index in [1.807, 2.05) is 19.1 Å². The Balaban J connectivity index is 1.51. The Kier molecular flexibility index (Phi) is 6.78. The van der Waals surface area contributed by atoms with Gasteiger partial charge in [0, 0.05) is 12.5 Å². The standard InChI is InChI=1S/C26H32ClNO4/c1-4-10-28-25(30)19-12-16(5-2)23-20(24(19)26(28)31)14-32-22(23)9-6-15(3)11-17-7-8-18(29)13-21(17)27/h7-8,11,13,19-20,22,24,29H,4-6,9-10,12,14H2,1-3H3/b15-11+/t19-,20+,22-,24-/m1/s1. The lowest BCUT2D eigenvalue weighted by Crippen LogP contribution is -2.34. The number of nitrogens with zero attached hydrogens (tertiary/aromatic N) is 1. The van der Waals surface area contributed by atoms with Gasteiger partial charge < -0.3 is 9.84 Å². The smallest absolute Gasteiger partial charge is 0.233 e. The van der Waals surface area contributed by atoms with Crippen LogP contribution in [0.5, 0.6) is 5.75 Å². The number of imide groups is 1. The van der Waals surface area contributed by atoms with Gasteiger partial charge in [-0.3, -0.25) is 14.5 Å². The molecule has 2 fully saturated rings. The maximum atomic E-state index is 13.1. The van der Waals surface area contributed by atoms with Gasteiger partial charge in [0.05, 0.1) is 29.6 Å². The van der Waals surface area contributed by atoms with Crippen molar-refractivity contribution in [3.05, 3.63) is 45.5 Å². The third kappa shape index (κ3) is 4.13. The fraction of sp³-hybridized carbons (Fsp3) is 0.538. The zero-order valence-electron chi connectivity index (χ0n) is 19.1. The van der Waals surface area contributed by atoms with Gasteiger partial charge in [-0.25, -0.2) is 0 Å². The number of amides is 2. The molecule has 6 heteroatoms. The number of rotatable bonds is 7. The molecule has 0 radical (unpaired) electrons. The molecule has 5 nitrogen and oxygen atoms in total.